The van der Waals surface area contributed by atoms with E-state index < -0.39 is 0 Å². The van der Waals surface area contributed by atoms with Crippen molar-refractivity contribution in [1.29, 1.82) is 0 Å². The van der Waals surface area contributed by atoms with Gasteiger partial charge in [-0.1, -0.05) is 50.3 Å². The molecule has 1 aromatic rings. The molecule has 1 fully saturated rings. The van der Waals surface area contributed by atoms with E-state index in [1.165, 1.54) is 6.20 Å². The number of rotatable bonds is 4. The monoisotopic (exact) mass is 255 g/mol. The minimum absolute atomic E-state index is 0.102. The van der Waals surface area contributed by atoms with E-state index in [9.17, 15) is 4.79 Å². The maximum Gasteiger partial charge on any atom is 0.310 e. The molecule has 19 heavy (non-hydrogen) atoms. The number of allylic oxidation sites excluding steroid dienone is 1. The van der Waals surface area contributed by atoms with Crippen molar-refractivity contribution in [3.63, 3.8) is 0 Å². The highest BCUT2D eigenvalue weighted by Gasteiger charge is 2.60. The number of esters is 1. The van der Waals surface area contributed by atoms with Crippen LogP contribution in [0.3, 0.4) is 0 Å². The molecular formula is C16H17NO2. The normalized spacial score (nSPS) is 23.8. The molecule has 3 nitrogen and oxygen atoms in total. The summed E-state index contributed by atoms with van der Waals surface area (Å²) in [6.45, 7) is 11.1. The predicted molar refractivity (Wildman–Crippen MR) is 72.7 cm³/mol. The largest absolute Gasteiger partial charge is 0.461 e. The van der Waals surface area contributed by atoms with Gasteiger partial charge in [0.2, 0.25) is 0 Å². The molecule has 0 bridgehead atoms. The molecule has 2 atom stereocenters. The van der Waals surface area contributed by atoms with Crippen molar-refractivity contribution in [2.75, 3.05) is 0 Å². The molecule has 3 heteroatoms. The molecule has 1 aromatic carbocycles. The summed E-state index contributed by atoms with van der Waals surface area (Å²) in [6, 6.07) is 9.64. The molecule has 0 amide bonds. The summed E-state index contributed by atoms with van der Waals surface area (Å²) in [5.41, 5.74) is 0.886. The van der Waals surface area contributed by atoms with Gasteiger partial charge in [-0.05, 0) is 16.9 Å². The van der Waals surface area contributed by atoms with Crippen LogP contribution < -0.4 is 0 Å². The Morgan fingerprint density at radius 1 is 1.42 bits per heavy atom. The van der Waals surface area contributed by atoms with Gasteiger partial charge in [-0.15, -0.1) is 0 Å². The molecule has 0 saturated heterocycles. The molecule has 1 aliphatic rings. The fourth-order valence-electron chi connectivity index (χ4n) is 2.44. The van der Waals surface area contributed by atoms with Gasteiger partial charge in [0.25, 0.3) is 0 Å². The van der Waals surface area contributed by atoms with Crippen molar-refractivity contribution in [2.24, 2.45) is 17.3 Å². The van der Waals surface area contributed by atoms with E-state index in [2.05, 4.69) is 4.85 Å². The molecule has 2 unspecified atom stereocenters. The van der Waals surface area contributed by atoms with Crippen LogP contribution in [0.15, 0.2) is 42.6 Å². The van der Waals surface area contributed by atoms with E-state index in [1.807, 2.05) is 44.2 Å². The van der Waals surface area contributed by atoms with Crippen LogP contribution in [-0.4, -0.2) is 5.97 Å². The molecule has 2 rings (SSSR count). The van der Waals surface area contributed by atoms with Crippen LogP contribution in [0.2, 0.25) is 0 Å². The van der Waals surface area contributed by atoms with Gasteiger partial charge in [-0.25, -0.2) is 4.85 Å². The maximum atomic E-state index is 12.0. The zero-order valence-electron chi connectivity index (χ0n) is 11.2. The van der Waals surface area contributed by atoms with Crippen LogP contribution in [0.1, 0.15) is 19.4 Å². The summed E-state index contributed by atoms with van der Waals surface area (Å²) in [5.74, 6) is -0.187. The van der Waals surface area contributed by atoms with Gasteiger partial charge in [0.05, 0.1) is 12.5 Å². The minimum atomic E-state index is -0.173. The first-order valence-electron chi connectivity index (χ1n) is 6.31. The average Bonchev–Trinajstić information content (AvgIpc) is 2.96. The maximum absolute atomic E-state index is 12.0. The Morgan fingerprint density at radius 2 is 2.11 bits per heavy atom. The Labute approximate surface area is 113 Å². The third-order valence-corrected chi connectivity index (χ3v) is 3.76. The van der Waals surface area contributed by atoms with Crippen LogP contribution >= 0.6 is 0 Å². The smallest absolute Gasteiger partial charge is 0.310 e. The number of carbonyl (C=O) groups is 1. The van der Waals surface area contributed by atoms with Gasteiger partial charge in [-0.3, -0.25) is 4.79 Å². The predicted octanol–water partition coefficient (Wildman–Crippen LogP) is 3.43. The van der Waals surface area contributed by atoms with Gasteiger partial charge < -0.3 is 4.74 Å². The lowest BCUT2D eigenvalue weighted by Gasteiger charge is -2.05. The summed E-state index contributed by atoms with van der Waals surface area (Å²) < 4.78 is 5.35. The van der Waals surface area contributed by atoms with E-state index >= 15 is 0 Å². The number of hydrogen-bond donors (Lipinski definition) is 0. The van der Waals surface area contributed by atoms with Gasteiger partial charge in [-0.2, -0.15) is 0 Å². The number of benzene rings is 1. The number of hydrogen-bond acceptors (Lipinski definition) is 2. The fraction of sp³-hybridized carbons (Fsp3) is 0.375. The number of ether oxygens (including phenoxy) is 1. The zero-order chi connectivity index (χ0) is 13.9. The summed E-state index contributed by atoms with van der Waals surface area (Å²) in [4.78, 5) is 15.2. The summed E-state index contributed by atoms with van der Waals surface area (Å²) >= 11 is 0. The van der Waals surface area contributed by atoms with Gasteiger partial charge >= 0.3 is 5.97 Å². The van der Waals surface area contributed by atoms with Crippen LogP contribution in [0.4, 0.5) is 0 Å². The summed E-state index contributed by atoms with van der Waals surface area (Å²) in [5, 5.41) is 0. The topological polar surface area (TPSA) is 30.7 Å². The highest BCUT2D eigenvalue weighted by Crippen LogP contribution is 2.59. The highest BCUT2D eigenvalue weighted by molar-refractivity contribution is 5.78. The van der Waals surface area contributed by atoms with Crippen LogP contribution in [0.25, 0.3) is 4.85 Å². The average molecular weight is 255 g/mol. The summed E-state index contributed by atoms with van der Waals surface area (Å²) in [6.07, 6.45) is 3.23. The Bertz CT molecular complexity index is 525. The van der Waals surface area contributed by atoms with Gasteiger partial charge in [0.1, 0.15) is 6.61 Å². The van der Waals surface area contributed by atoms with E-state index in [-0.39, 0.29) is 23.2 Å². The molecule has 0 aromatic heterocycles. The first-order valence-corrected chi connectivity index (χ1v) is 6.31. The molecule has 0 N–H and O–H groups in total. The number of nitrogens with zero attached hydrogens (tertiary/aromatic N) is 1. The number of carbonyl (C=O) groups excluding carboxylic acids is 1. The molecule has 0 aliphatic heterocycles. The second-order valence-corrected chi connectivity index (χ2v) is 5.39. The molecule has 0 radical (unpaired) electrons. The molecule has 98 valence electrons. The Morgan fingerprint density at radius 3 is 2.74 bits per heavy atom. The lowest BCUT2D eigenvalue weighted by atomic mass is 10.1. The third-order valence-electron chi connectivity index (χ3n) is 3.76. The second-order valence-electron chi connectivity index (χ2n) is 5.39. The first-order chi connectivity index (χ1) is 9.07. The second kappa shape index (κ2) is 5.27. The molecule has 0 heterocycles. The van der Waals surface area contributed by atoms with E-state index in [4.69, 9.17) is 11.3 Å². The highest BCUT2D eigenvalue weighted by atomic mass is 16.5. The Kier molecular flexibility index (Phi) is 3.71. The standard InChI is InChI=1S/C16H17NO2/c1-16(2)13(9-10-17-3)14(16)15(18)19-11-12-7-5-4-6-8-12/h4-10,13-14H,11H2,1-2H3/b10-9-. The molecule has 1 aliphatic carbocycles. The minimum Gasteiger partial charge on any atom is -0.461 e. The Balaban J connectivity index is 1.91. The van der Waals surface area contributed by atoms with Crippen molar-refractivity contribution in [3.8, 4) is 0 Å². The summed E-state index contributed by atoms with van der Waals surface area (Å²) in [7, 11) is 0. The molecule has 0 spiro atoms. The van der Waals surface area contributed by atoms with Gasteiger partial charge in [0.15, 0.2) is 6.20 Å². The van der Waals surface area contributed by atoms with Gasteiger partial charge in [0, 0.05) is 0 Å². The van der Waals surface area contributed by atoms with Crippen molar-refractivity contribution in [3.05, 3.63) is 59.6 Å². The lowest BCUT2D eigenvalue weighted by Crippen LogP contribution is -2.10. The SMILES string of the molecule is [C-]#[N+]/C=C\C1C(C(=O)OCc2ccccc2)C1(C)C. The third kappa shape index (κ3) is 2.85. The first kappa shape index (κ1) is 13.4. The van der Waals surface area contributed by atoms with E-state index in [1.54, 1.807) is 6.08 Å². The molecule has 1 saturated carbocycles. The van der Waals surface area contributed by atoms with Crippen LogP contribution in [-0.2, 0) is 16.1 Å². The molecular weight excluding hydrogens is 238 g/mol. The quantitative estimate of drug-likeness (QED) is 0.609. The van der Waals surface area contributed by atoms with Crippen LogP contribution in [0, 0.1) is 23.8 Å². The Hall–Kier alpha value is -2.08. The van der Waals surface area contributed by atoms with Crippen molar-refractivity contribution in [1.82, 2.24) is 0 Å². The fourth-order valence-corrected chi connectivity index (χ4v) is 2.44. The van der Waals surface area contributed by atoms with Crippen molar-refractivity contribution < 1.29 is 9.53 Å². The van der Waals surface area contributed by atoms with Crippen molar-refractivity contribution >= 4 is 5.97 Å². The lowest BCUT2D eigenvalue weighted by molar-refractivity contribution is -0.147. The van der Waals surface area contributed by atoms with E-state index in [0.29, 0.717) is 6.61 Å². The zero-order valence-corrected chi connectivity index (χ0v) is 11.2. The van der Waals surface area contributed by atoms with Crippen molar-refractivity contribution in [2.45, 2.75) is 20.5 Å². The van der Waals surface area contributed by atoms with Crippen LogP contribution in [0.5, 0.6) is 0 Å². The van der Waals surface area contributed by atoms with E-state index in [0.717, 1.165) is 5.56 Å².